The number of carboxylic acids is 1. The van der Waals surface area contributed by atoms with Gasteiger partial charge >= 0.3 is 5.97 Å². The van der Waals surface area contributed by atoms with E-state index in [0.717, 1.165) is 11.1 Å². The Morgan fingerprint density at radius 1 is 1.09 bits per heavy atom. The van der Waals surface area contributed by atoms with Gasteiger partial charge in [0.15, 0.2) is 11.5 Å². The van der Waals surface area contributed by atoms with Crippen molar-refractivity contribution in [1.82, 2.24) is 0 Å². The molecule has 0 aliphatic rings. The fourth-order valence-electron chi connectivity index (χ4n) is 2.59. The van der Waals surface area contributed by atoms with Crippen LogP contribution in [0.5, 0.6) is 11.5 Å². The third-order valence-corrected chi connectivity index (χ3v) is 3.85. The number of carboxylic acid groups (broad SMARTS) is 1. The molecule has 0 aliphatic carbocycles. The van der Waals surface area contributed by atoms with Crippen LogP contribution in [0.25, 0.3) is 0 Å². The van der Waals surface area contributed by atoms with Crippen LogP contribution < -0.4 is 15.2 Å². The van der Waals surface area contributed by atoms with Gasteiger partial charge in [0.05, 0.1) is 14.2 Å². The molecule has 0 spiro atoms. The van der Waals surface area contributed by atoms with Crippen molar-refractivity contribution in [2.75, 3.05) is 14.2 Å². The molecule has 0 amide bonds. The SMILES string of the molecule is COc1ccc(CC(c2ccccc2)C(N)C(=O)O)cc1OC. The van der Waals surface area contributed by atoms with E-state index >= 15 is 0 Å². The van der Waals surface area contributed by atoms with Crippen molar-refractivity contribution in [2.24, 2.45) is 5.73 Å². The average molecular weight is 315 g/mol. The lowest BCUT2D eigenvalue weighted by atomic mass is 9.86. The number of methoxy groups -OCH3 is 2. The third-order valence-electron chi connectivity index (χ3n) is 3.85. The summed E-state index contributed by atoms with van der Waals surface area (Å²) in [5.74, 6) is -0.0955. The van der Waals surface area contributed by atoms with Crippen LogP contribution >= 0.6 is 0 Å². The number of hydrogen-bond acceptors (Lipinski definition) is 4. The van der Waals surface area contributed by atoms with Gasteiger partial charge in [-0.15, -0.1) is 0 Å². The minimum absolute atomic E-state index is 0.327. The van der Waals surface area contributed by atoms with E-state index in [4.69, 9.17) is 15.2 Å². The van der Waals surface area contributed by atoms with Crippen LogP contribution in [0.2, 0.25) is 0 Å². The van der Waals surface area contributed by atoms with Gasteiger partial charge in [0, 0.05) is 5.92 Å². The Balaban J connectivity index is 2.33. The van der Waals surface area contributed by atoms with E-state index in [1.165, 1.54) is 0 Å². The fourth-order valence-corrected chi connectivity index (χ4v) is 2.59. The molecule has 0 aromatic heterocycles. The third kappa shape index (κ3) is 4.02. The first kappa shape index (κ1) is 16.8. The maximum Gasteiger partial charge on any atom is 0.321 e. The Morgan fingerprint density at radius 3 is 2.30 bits per heavy atom. The summed E-state index contributed by atoms with van der Waals surface area (Å²) in [6.07, 6.45) is 0.498. The molecule has 2 aromatic rings. The fraction of sp³-hybridized carbons (Fsp3) is 0.278. The smallest absolute Gasteiger partial charge is 0.321 e. The van der Waals surface area contributed by atoms with Crippen molar-refractivity contribution in [3.8, 4) is 11.5 Å². The first-order valence-electron chi connectivity index (χ1n) is 7.31. The first-order chi connectivity index (χ1) is 11.1. The highest BCUT2D eigenvalue weighted by Crippen LogP contribution is 2.31. The van der Waals surface area contributed by atoms with E-state index < -0.39 is 12.0 Å². The highest BCUT2D eigenvalue weighted by Gasteiger charge is 2.26. The molecule has 3 N–H and O–H groups in total. The van der Waals surface area contributed by atoms with Gasteiger partial charge in [-0.25, -0.2) is 0 Å². The number of ether oxygens (including phenoxy) is 2. The molecule has 2 aromatic carbocycles. The van der Waals surface area contributed by atoms with Crippen molar-refractivity contribution in [1.29, 1.82) is 0 Å². The van der Waals surface area contributed by atoms with Gasteiger partial charge < -0.3 is 20.3 Å². The van der Waals surface area contributed by atoms with Crippen LogP contribution in [-0.2, 0) is 11.2 Å². The van der Waals surface area contributed by atoms with Gasteiger partial charge in [-0.1, -0.05) is 36.4 Å². The quantitative estimate of drug-likeness (QED) is 0.820. The summed E-state index contributed by atoms with van der Waals surface area (Å²) in [7, 11) is 3.14. The molecular weight excluding hydrogens is 294 g/mol. The lowest BCUT2D eigenvalue weighted by Crippen LogP contribution is -2.37. The van der Waals surface area contributed by atoms with Gasteiger partial charge in [0.25, 0.3) is 0 Å². The molecule has 2 atom stereocenters. The maximum atomic E-state index is 11.4. The van der Waals surface area contributed by atoms with Gasteiger partial charge in [-0.2, -0.15) is 0 Å². The van der Waals surface area contributed by atoms with Gasteiger partial charge in [0.2, 0.25) is 0 Å². The van der Waals surface area contributed by atoms with E-state index in [9.17, 15) is 9.90 Å². The zero-order valence-corrected chi connectivity index (χ0v) is 13.2. The van der Waals surface area contributed by atoms with E-state index in [-0.39, 0.29) is 5.92 Å². The summed E-state index contributed by atoms with van der Waals surface area (Å²) >= 11 is 0. The highest BCUT2D eigenvalue weighted by atomic mass is 16.5. The lowest BCUT2D eigenvalue weighted by Gasteiger charge is -2.22. The molecule has 0 aliphatic heterocycles. The zero-order valence-electron chi connectivity index (χ0n) is 13.2. The van der Waals surface area contributed by atoms with Gasteiger partial charge in [-0.05, 0) is 29.7 Å². The molecule has 0 saturated carbocycles. The number of nitrogens with two attached hydrogens (primary N) is 1. The molecule has 5 nitrogen and oxygen atoms in total. The minimum Gasteiger partial charge on any atom is -0.493 e. The number of aliphatic carboxylic acids is 1. The molecule has 2 unspecified atom stereocenters. The van der Waals surface area contributed by atoms with E-state index in [1.54, 1.807) is 14.2 Å². The Kier molecular flexibility index (Phi) is 5.60. The standard InChI is InChI=1S/C18H21NO4/c1-22-15-9-8-12(11-16(15)23-2)10-14(17(19)18(20)21)13-6-4-3-5-7-13/h3-9,11,14,17H,10,19H2,1-2H3,(H,20,21). The monoisotopic (exact) mass is 315 g/mol. The first-order valence-corrected chi connectivity index (χ1v) is 7.31. The molecule has 122 valence electrons. The largest absolute Gasteiger partial charge is 0.493 e. The van der Waals surface area contributed by atoms with Crippen molar-refractivity contribution in [2.45, 2.75) is 18.4 Å². The second-order valence-electron chi connectivity index (χ2n) is 5.27. The van der Waals surface area contributed by atoms with E-state index in [0.29, 0.717) is 17.9 Å². The molecule has 0 radical (unpaired) electrons. The molecule has 0 bridgehead atoms. The van der Waals surface area contributed by atoms with Gasteiger partial charge in [-0.3, -0.25) is 4.79 Å². The Morgan fingerprint density at radius 2 is 1.74 bits per heavy atom. The van der Waals surface area contributed by atoms with Crippen molar-refractivity contribution in [3.63, 3.8) is 0 Å². The molecule has 2 rings (SSSR count). The second-order valence-corrected chi connectivity index (χ2v) is 5.27. The molecule has 0 fully saturated rings. The zero-order chi connectivity index (χ0) is 16.8. The maximum absolute atomic E-state index is 11.4. The molecule has 0 saturated heterocycles. The number of benzene rings is 2. The Bertz CT molecular complexity index is 657. The average Bonchev–Trinajstić information content (AvgIpc) is 2.59. The highest BCUT2D eigenvalue weighted by molar-refractivity contribution is 5.74. The molecule has 0 heterocycles. The van der Waals surface area contributed by atoms with Crippen LogP contribution in [0, 0.1) is 0 Å². The molecule has 23 heavy (non-hydrogen) atoms. The number of hydrogen-bond donors (Lipinski definition) is 2. The summed E-state index contributed by atoms with van der Waals surface area (Å²) in [6, 6.07) is 14.0. The van der Waals surface area contributed by atoms with Crippen molar-refractivity contribution >= 4 is 5.97 Å². The summed E-state index contributed by atoms with van der Waals surface area (Å²) in [5.41, 5.74) is 7.75. The van der Waals surface area contributed by atoms with Crippen LogP contribution in [0.1, 0.15) is 17.0 Å². The molecular formula is C18H21NO4. The van der Waals surface area contributed by atoms with Gasteiger partial charge in [0.1, 0.15) is 6.04 Å². The lowest BCUT2D eigenvalue weighted by molar-refractivity contribution is -0.139. The van der Waals surface area contributed by atoms with E-state index in [2.05, 4.69) is 0 Å². The summed E-state index contributed by atoms with van der Waals surface area (Å²) in [6.45, 7) is 0. The van der Waals surface area contributed by atoms with Crippen LogP contribution in [0.15, 0.2) is 48.5 Å². The predicted molar refractivity (Wildman–Crippen MR) is 88.0 cm³/mol. The summed E-state index contributed by atoms with van der Waals surface area (Å²) in [5, 5.41) is 9.30. The number of rotatable bonds is 7. The van der Waals surface area contributed by atoms with Crippen molar-refractivity contribution < 1.29 is 19.4 Å². The van der Waals surface area contributed by atoms with E-state index in [1.807, 2.05) is 48.5 Å². The van der Waals surface area contributed by atoms with Crippen LogP contribution in [-0.4, -0.2) is 31.3 Å². The Labute approximate surface area is 135 Å². The molecule has 5 heteroatoms. The second kappa shape index (κ2) is 7.65. The van der Waals surface area contributed by atoms with Crippen LogP contribution in [0.3, 0.4) is 0 Å². The summed E-state index contributed by atoms with van der Waals surface area (Å²) in [4.78, 5) is 11.4. The van der Waals surface area contributed by atoms with Crippen molar-refractivity contribution in [3.05, 3.63) is 59.7 Å². The summed E-state index contributed by atoms with van der Waals surface area (Å²) < 4.78 is 10.5. The minimum atomic E-state index is -1.01. The number of carbonyl (C=O) groups is 1. The Hall–Kier alpha value is -2.53. The predicted octanol–water partition coefficient (Wildman–Crippen LogP) is 2.44. The topological polar surface area (TPSA) is 81.8 Å². The van der Waals surface area contributed by atoms with Crippen LogP contribution in [0.4, 0.5) is 0 Å². The normalized spacial score (nSPS) is 13.2.